The largest absolute Gasteiger partial charge is 0.273 e. The summed E-state index contributed by atoms with van der Waals surface area (Å²) in [4.78, 5) is 12.1. The van der Waals surface area contributed by atoms with E-state index in [2.05, 4.69) is 10.5 Å². The van der Waals surface area contributed by atoms with Crippen molar-refractivity contribution in [3.63, 3.8) is 0 Å². The summed E-state index contributed by atoms with van der Waals surface area (Å²) in [5, 5.41) is 4.15. The van der Waals surface area contributed by atoms with Crippen molar-refractivity contribution in [1.29, 1.82) is 0 Å². The van der Waals surface area contributed by atoms with Crippen molar-refractivity contribution in [3.8, 4) is 0 Å². The van der Waals surface area contributed by atoms with Crippen LogP contribution in [0.4, 0.5) is 0 Å². The van der Waals surface area contributed by atoms with Gasteiger partial charge in [-0.05, 0) is 24.1 Å². The highest BCUT2D eigenvalue weighted by Gasteiger charge is 2.23. The second-order valence-electron chi connectivity index (χ2n) is 4.32. The van der Waals surface area contributed by atoms with Gasteiger partial charge in [-0.1, -0.05) is 19.1 Å². The standard InChI is InChI=1S/C13H16N2O2S/c1-3-9-8-12(16)14-15-13(9)10-4-6-11(7-5-10)18(2)17/h4-7,9H,3,8H2,1-2H3,(H,14,16). The zero-order chi connectivity index (χ0) is 13.1. The smallest absolute Gasteiger partial charge is 0.240 e. The van der Waals surface area contributed by atoms with Crippen LogP contribution in [-0.4, -0.2) is 22.1 Å². The summed E-state index contributed by atoms with van der Waals surface area (Å²) in [5.74, 6) is 0.133. The summed E-state index contributed by atoms with van der Waals surface area (Å²) < 4.78 is 11.3. The molecule has 0 radical (unpaired) electrons. The minimum atomic E-state index is -0.968. The lowest BCUT2D eigenvalue weighted by atomic mass is 9.90. The molecule has 2 rings (SSSR count). The Balaban J connectivity index is 2.30. The van der Waals surface area contributed by atoms with E-state index in [0.29, 0.717) is 6.42 Å². The average Bonchev–Trinajstić information content (AvgIpc) is 2.38. The van der Waals surface area contributed by atoms with E-state index in [9.17, 15) is 9.00 Å². The topological polar surface area (TPSA) is 58.5 Å². The Hall–Kier alpha value is -1.49. The van der Waals surface area contributed by atoms with Crippen LogP contribution in [0.1, 0.15) is 25.3 Å². The van der Waals surface area contributed by atoms with Gasteiger partial charge in [0.1, 0.15) is 0 Å². The maximum Gasteiger partial charge on any atom is 0.240 e. The summed E-state index contributed by atoms with van der Waals surface area (Å²) in [6, 6.07) is 7.51. The van der Waals surface area contributed by atoms with Gasteiger partial charge < -0.3 is 0 Å². The molecule has 1 aromatic rings. The van der Waals surface area contributed by atoms with Gasteiger partial charge in [0.15, 0.2) is 0 Å². The Kier molecular flexibility index (Phi) is 3.91. The molecule has 2 atom stereocenters. The Bertz CT molecular complexity index is 508. The first kappa shape index (κ1) is 13.0. The zero-order valence-corrected chi connectivity index (χ0v) is 11.3. The van der Waals surface area contributed by atoms with Crippen LogP contribution < -0.4 is 5.43 Å². The quantitative estimate of drug-likeness (QED) is 0.903. The SMILES string of the molecule is CCC1CC(=O)NN=C1c1ccc(S(C)=O)cc1. The van der Waals surface area contributed by atoms with Crippen LogP contribution in [0.3, 0.4) is 0 Å². The second-order valence-corrected chi connectivity index (χ2v) is 5.70. The van der Waals surface area contributed by atoms with Gasteiger partial charge in [-0.15, -0.1) is 0 Å². The van der Waals surface area contributed by atoms with E-state index >= 15 is 0 Å². The minimum absolute atomic E-state index is 0.0307. The normalized spacial score (nSPS) is 21.1. The third-order valence-corrected chi connectivity index (χ3v) is 4.03. The molecule has 0 fully saturated rings. The van der Waals surface area contributed by atoms with E-state index in [4.69, 9.17) is 0 Å². The number of amides is 1. The summed E-state index contributed by atoms with van der Waals surface area (Å²) in [5.41, 5.74) is 4.41. The van der Waals surface area contributed by atoms with Crippen LogP contribution in [0.5, 0.6) is 0 Å². The van der Waals surface area contributed by atoms with Crippen molar-refractivity contribution in [2.24, 2.45) is 11.0 Å². The summed E-state index contributed by atoms with van der Waals surface area (Å²) in [6.07, 6.45) is 3.02. The number of nitrogens with zero attached hydrogens (tertiary/aromatic N) is 1. The van der Waals surface area contributed by atoms with E-state index in [1.54, 1.807) is 6.26 Å². The molecule has 96 valence electrons. The number of nitrogens with one attached hydrogen (secondary N) is 1. The molecule has 4 nitrogen and oxygen atoms in total. The van der Waals surface area contributed by atoms with Gasteiger partial charge >= 0.3 is 0 Å². The first-order chi connectivity index (χ1) is 8.61. The van der Waals surface area contributed by atoms with Crippen molar-refractivity contribution in [2.45, 2.75) is 24.7 Å². The monoisotopic (exact) mass is 264 g/mol. The first-order valence-electron chi connectivity index (χ1n) is 5.92. The number of hydrazone groups is 1. The first-order valence-corrected chi connectivity index (χ1v) is 7.48. The molecule has 0 aliphatic carbocycles. The van der Waals surface area contributed by atoms with Crippen molar-refractivity contribution in [2.75, 3.05) is 6.26 Å². The van der Waals surface area contributed by atoms with E-state index in [1.165, 1.54) is 0 Å². The molecular weight excluding hydrogens is 248 g/mol. The van der Waals surface area contributed by atoms with E-state index in [1.807, 2.05) is 31.2 Å². The lowest BCUT2D eigenvalue weighted by Gasteiger charge is -2.21. The molecular formula is C13H16N2O2S. The fraction of sp³-hybridized carbons (Fsp3) is 0.385. The molecule has 0 saturated heterocycles. The molecule has 1 N–H and O–H groups in total. The van der Waals surface area contributed by atoms with Crippen molar-refractivity contribution in [3.05, 3.63) is 29.8 Å². The summed E-state index contributed by atoms with van der Waals surface area (Å²) in [7, 11) is -0.968. The number of hydrogen-bond acceptors (Lipinski definition) is 3. The molecule has 0 bridgehead atoms. The third-order valence-electron chi connectivity index (χ3n) is 3.09. The molecule has 2 unspecified atom stereocenters. The Morgan fingerprint density at radius 1 is 1.39 bits per heavy atom. The van der Waals surface area contributed by atoms with E-state index in [-0.39, 0.29) is 11.8 Å². The van der Waals surface area contributed by atoms with Crippen LogP contribution in [0.15, 0.2) is 34.3 Å². The number of hydrogen-bond donors (Lipinski definition) is 1. The van der Waals surface area contributed by atoms with Crippen molar-refractivity contribution >= 4 is 22.4 Å². The molecule has 0 spiro atoms. The van der Waals surface area contributed by atoms with E-state index in [0.717, 1.165) is 22.6 Å². The van der Waals surface area contributed by atoms with Gasteiger partial charge in [-0.2, -0.15) is 5.10 Å². The fourth-order valence-electron chi connectivity index (χ4n) is 2.04. The van der Waals surface area contributed by atoms with Crippen LogP contribution in [0, 0.1) is 5.92 Å². The number of carbonyl (C=O) groups excluding carboxylic acids is 1. The highest BCUT2D eigenvalue weighted by atomic mass is 32.2. The minimum Gasteiger partial charge on any atom is -0.273 e. The third kappa shape index (κ3) is 2.67. The Morgan fingerprint density at radius 2 is 2.06 bits per heavy atom. The molecule has 1 aliphatic heterocycles. The predicted molar refractivity (Wildman–Crippen MR) is 71.9 cm³/mol. The molecule has 1 aliphatic rings. The summed E-state index contributed by atoms with van der Waals surface area (Å²) in [6.45, 7) is 2.05. The van der Waals surface area contributed by atoms with Crippen LogP contribution in [0.2, 0.25) is 0 Å². The molecule has 0 saturated carbocycles. The summed E-state index contributed by atoms with van der Waals surface area (Å²) >= 11 is 0. The van der Waals surface area contributed by atoms with Gasteiger partial charge in [0.05, 0.1) is 5.71 Å². The number of carbonyl (C=O) groups is 1. The molecule has 1 aromatic carbocycles. The predicted octanol–water partition coefficient (Wildman–Crippen LogP) is 1.67. The molecule has 5 heteroatoms. The van der Waals surface area contributed by atoms with Gasteiger partial charge in [0.2, 0.25) is 5.91 Å². The lowest BCUT2D eigenvalue weighted by molar-refractivity contribution is -0.122. The van der Waals surface area contributed by atoms with E-state index < -0.39 is 10.8 Å². The highest BCUT2D eigenvalue weighted by Crippen LogP contribution is 2.20. The van der Waals surface area contributed by atoms with Crippen LogP contribution >= 0.6 is 0 Å². The maximum atomic E-state index is 11.3. The Morgan fingerprint density at radius 3 is 2.61 bits per heavy atom. The number of rotatable bonds is 3. The molecule has 1 heterocycles. The maximum absolute atomic E-state index is 11.3. The van der Waals surface area contributed by atoms with Gasteiger partial charge in [-0.3, -0.25) is 9.00 Å². The van der Waals surface area contributed by atoms with Crippen molar-refractivity contribution < 1.29 is 9.00 Å². The van der Waals surface area contributed by atoms with Gasteiger partial charge in [0, 0.05) is 34.3 Å². The van der Waals surface area contributed by atoms with Gasteiger partial charge in [-0.25, -0.2) is 5.43 Å². The fourth-order valence-corrected chi connectivity index (χ4v) is 2.55. The van der Waals surface area contributed by atoms with Crippen LogP contribution in [0.25, 0.3) is 0 Å². The molecule has 0 aromatic heterocycles. The molecule has 1 amide bonds. The second kappa shape index (κ2) is 5.44. The van der Waals surface area contributed by atoms with Crippen molar-refractivity contribution in [1.82, 2.24) is 5.43 Å². The van der Waals surface area contributed by atoms with Gasteiger partial charge in [0.25, 0.3) is 0 Å². The molecule has 18 heavy (non-hydrogen) atoms. The highest BCUT2D eigenvalue weighted by molar-refractivity contribution is 7.84. The Labute approximate surface area is 109 Å². The number of benzene rings is 1. The zero-order valence-electron chi connectivity index (χ0n) is 10.5. The van der Waals surface area contributed by atoms with Crippen LogP contribution in [-0.2, 0) is 15.6 Å². The lowest BCUT2D eigenvalue weighted by Crippen LogP contribution is -2.33. The average molecular weight is 264 g/mol.